The summed E-state index contributed by atoms with van der Waals surface area (Å²) in [7, 11) is 0. The Morgan fingerprint density at radius 1 is 1.21 bits per heavy atom. The van der Waals surface area contributed by atoms with Crippen molar-refractivity contribution in [3.8, 4) is 0 Å². The van der Waals surface area contributed by atoms with Crippen LogP contribution in [-0.4, -0.2) is 22.4 Å². The van der Waals surface area contributed by atoms with Crippen molar-refractivity contribution in [1.29, 1.82) is 0 Å². The van der Waals surface area contributed by atoms with E-state index in [2.05, 4.69) is 38.3 Å². The van der Waals surface area contributed by atoms with Gasteiger partial charge in [0, 0.05) is 34.8 Å². The minimum absolute atomic E-state index is 0.0457. The standard InChI is InChI=1S/C15H24N2OS/c1-11(10-19-15(3,4)5)16-13-6-8-14(9-7-13)17-12(2)18/h6-9,11,16H,10H2,1-5H3,(H,17,18). The fourth-order valence-electron chi connectivity index (χ4n) is 1.55. The van der Waals surface area contributed by atoms with Crippen molar-refractivity contribution in [1.82, 2.24) is 0 Å². The van der Waals surface area contributed by atoms with Gasteiger partial charge >= 0.3 is 0 Å². The quantitative estimate of drug-likeness (QED) is 0.857. The highest BCUT2D eigenvalue weighted by molar-refractivity contribution is 8.00. The van der Waals surface area contributed by atoms with Crippen LogP contribution in [0.15, 0.2) is 24.3 Å². The highest BCUT2D eigenvalue weighted by atomic mass is 32.2. The predicted octanol–water partition coefficient (Wildman–Crippen LogP) is 3.98. The van der Waals surface area contributed by atoms with E-state index in [0.717, 1.165) is 17.1 Å². The summed E-state index contributed by atoms with van der Waals surface area (Å²) >= 11 is 1.95. The van der Waals surface area contributed by atoms with Crippen molar-refractivity contribution in [2.24, 2.45) is 0 Å². The zero-order valence-corrected chi connectivity index (χ0v) is 13.2. The normalized spacial score (nSPS) is 12.9. The van der Waals surface area contributed by atoms with Crippen LogP contribution in [0.3, 0.4) is 0 Å². The molecule has 3 nitrogen and oxygen atoms in total. The van der Waals surface area contributed by atoms with E-state index in [9.17, 15) is 4.79 Å². The summed E-state index contributed by atoms with van der Waals surface area (Å²) in [5.41, 5.74) is 1.91. The van der Waals surface area contributed by atoms with E-state index in [4.69, 9.17) is 0 Å². The SMILES string of the molecule is CC(=O)Nc1ccc(NC(C)CSC(C)(C)C)cc1. The number of rotatable bonds is 5. The lowest BCUT2D eigenvalue weighted by Gasteiger charge is -2.22. The third kappa shape index (κ3) is 7.11. The van der Waals surface area contributed by atoms with Gasteiger partial charge in [0.05, 0.1) is 0 Å². The second-order valence-corrected chi connectivity index (χ2v) is 7.57. The number of amides is 1. The fraction of sp³-hybridized carbons (Fsp3) is 0.533. The molecule has 1 unspecified atom stereocenters. The number of carbonyl (C=O) groups is 1. The van der Waals surface area contributed by atoms with Gasteiger partial charge in [-0.15, -0.1) is 0 Å². The molecule has 0 aliphatic carbocycles. The summed E-state index contributed by atoms with van der Waals surface area (Å²) in [5, 5.41) is 6.22. The summed E-state index contributed by atoms with van der Waals surface area (Å²) in [5.74, 6) is 1.02. The van der Waals surface area contributed by atoms with Gasteiger partial charge in [-0.1, -0.05) is 20.8 Å². The first-order valence-corrected chi connectivity index (χ1v) is 7.53. The van der Waals surface area contributed by atoms with Crippen LogP contribution in [0.25, 0.3) is 0 Å². The smallest absolute Gasteiger partial charge is 0.221 e. The van der Waals surface area contributed by atoms with E-state index >= 15 is 0 Å². The van der Waals surface area contributed by atoms with Crippen molar-refractivity contribution >= 4 is 29.0 Å². The topological polar surface area (TPSA) is 41.1 Å². The van der Waals surface area contributed by atoms with Gasteiger partial charge in [-0.3, -0.25) is 4.79 Å². The van der Waals surface area contributed by atoms with Crippen LogP contribution in [0.4, 0.5) is 11.4 Å². The number of benzene rings is 1. The van der Waals surface area contributed by atoms with Crippen LogP contribution in [0.2, 0.25) is 0 Å². The highest BCUT2D eigenvalue weighted by Gasteiger charge is 2.12. The fourth-order valence-corrected chi connectivity index (χ4v) is 2.39. The molecular formula is C15H24N2OS. The number of thioether (sulfide) groups is 1. The Labute approximate surface area is 120 Å². The maximum atomic E-state index is 10.9. The second kappa shape index (κ2) is 6.85. The molecule has 0 aliphatic rings. The molecule has 1 rings (SSSR count). The lowest BCUT2D eigenvalue weighted by molar-refractivity contribution is -0.114. The van der Waals surface area contributed by atoms with Gasteiger partial charge in [0.1, 0.15) is 0 Å². The lowest BCUT2D eigenvalue weighted by Crippen LogP contribution is -2.21. The Balaban J connectivity index is 2.46. The number of hydrogen-bond donors (Lipinski definition) is 2. The van der Waals surface area contributed by atoms with Crippen LogP contribution in [0.1, 0.15) is 34.6 Å². The first kappa shape index (κ1) is 15.9. The van der Waals surface area contributed by atoms with Crippen LogP contribution >= 0.6 is 11.8 Å². The van der Waals surface area contributed by atoms with E-state index < -0.39 is 0 Å². The van der Waals surface area contributed by atoms with Gasteiger partial charge in [0.15, 0.2) is 0 Å². The Kier molecular flexibility index (Phi) is 5.73. The van der Waals surface area contributed by atoms with Gasteiger partial charge in [-0.25, -0.2) is 0 Å². The van der Waals surface area contributed by atoms with Crippen molar-refractivity contribution in [3.63, 3.8) is 0 Å². The van der Waals surface area contributed by atoms with Crippen molar-refractivity contribution in [3.05, 3.63) is 24.3 Å². The van der Waals surface area contributed by atoms with Gasteiger partial charge < -0.3 is 10.6 Å². The molecule has 1 amide bonds. The molecule has 0 fully saturated rings. The molecule has 1 aromatic rings. The summed E-state index contributed by atoms with van der Waals surface area (Å²) in [6.07, 6.45) is 0. The molecule has 1 atom stereocenters. The zero-order valence-electron chi connectivity index (χ0n) is 12.4. The van der Waals surface area contributed by atoms with E-state index in [1.807, 2.05) is 36.0 Å². The first-order chi connectivity index (χ1) is 8.76. The Morgan fingerprint density at radius 3 is 2.21 bits per heavy atom. The molecule has 0 saturated carbocycles. The Bertz CT molecular complexity index is 409. The van der Waals surface area contributed by atoms with E-state index in [1.165, 1.54) is 6.92 Å². The maximum Gasteiger partial charge on any atom is 0.221 e. The molecule has 19 heavy (non-hydrogen) atoms. The molecule has 0 radical (unpaired) electrons. The summed E-state index contributed by atoms with van der Waals surface area (Å²) in [4.78, 5) is 10.9. The summed E-state index contributed by atoms with van der Waals surface area (Å²) < 4.78 is 0.297. The van der Waals surface area contributed by atoms with E-state index in [1.54, 1.807) is 0 Å². The Morgan fingerprint density at radius 2 is 1.74 bits per heavy atom. The molecule has 0 aliphatic heterocycles. The lowest BCUT2D eigenvalue weighted by atomic mass is 10.2. The van der Waals surface area contributed by atoms with Crippen LogP contribution in [-0.2, 0) is 4.79 Å². The zero-order chi connectivity index (χ0) is 14.5. The van der Waals surface area contributed by atoms with Crippen molar-refractivity contribution < 1.29 is 4.79 Å². The largest absolute Gasteiger partial charge is 0.382 e. The monoisotopic (exact) mass is 280 g/mol. The average molecular weight is 280 g/mol. The van der Waals surface area contributed by atoms with Crippen LogP contribution < -0.4 is 10.6 Å². The number of nitrogens with one attached hydrogen (secondary N) is 2. The number of anilines is 2. The van der Waals surface area contributed by atoms with E-state index in [0.29, 0.717) is 10.8 Å². The number of carbonyl (C=O) groups excluding carboxylic acids is 1. The molecule has 1 aromatic carbocycles. The van der Waals surface area contributed by atoms with Gasteiger partial charge in [0.25, 0.3) is 0 Å². The van der Waals surface area contributed by atoms with E-state index in [-0.39, 0.29) is 5.91 Å². The van der Waals surface area contributed by atoms with Gasteiger partial charge in [-0.2, -0.15) is 11.8 Å². The third-order valence-electron chi connectivity index (χ3n) is 2.38. The molecule has 4 heteroatoms. The summed E-state index contributed by atoms with van der Waals surface area (Å²) in [6, 6.07) is 8.21. The van der Waals surface area contributed by atoms with Gasteiger partial charge in [0.2, 0.25) is 5.91 Å². The van der Waals surface area contributed by atoms with Gasteiger partial charge in [-0.05, 0) is 31.2 Å². The van der Waals surface area contributed by atoms with Crippen molar-refractivity contribution in [2.45, 2.75) is 45.4 Å². The average Bonchev–Trinajstić information content (AvgIpc) is 2.28. The Hall–Kier alpha value is -1.16. The maximum absolute atomic E-state index is 10.9. The third-order valence-corrected chi connectivity index (χ3v) is 3.92. The minimum atomic E-state index is -0.0457. The molecule has 0 aromatic heterocycles. The minimum Gasteiger partial charge on any atom is -0.382 e. The molecule has 0 heterocycles. The van der Waals surface area contributed by atoms with Crippen LogP contribution in [0.5, 0.6) is 0 Å². The molecule has 0 bridgehead atoms. The van der Waals surface area contributed by atoms with Crippen LogP contribution in [0, 0.1) is 0 Å². The highest BCUT2D eigenvalue weighted by Crippen LogP contribution is 2.24. The number of hydrogen-bond acceptors (Lipinski definition) is 3. The predicted molar refractivity (Wildman–Crippen MR) is 86.0 cm³/mol. The first-order valence-electron chi connectivity index (χ1n) is 6.54. The summed E-state index contributed by atoms with van der Waals surface area (Å²) in [6.45, 7) is 10.4. The second-order valence-electron chi connectivity index (χ2n) is 5.73. The molecule has 0 spiro atoms. The molecule has 106 valence electrons. The molecule has 2 N–H and O–H groups in total. The van der Waals surface area contributed by atoms with Crippen molar-refractivity contribution in [2.75, 3.05) is 16.4 Å². The molecular weight excluding hydrogens is 256 g/mol. The molecule has 0 saturated heterocycles.